The van der Waals surface area contributed by atoms with Crippen LogP contribution in [0.2, 0.25) is 0 Å². The van der Waals surface area contributed by atoms with E-state index in [2.05, 4.69) is 53.0 Å². The van der Waals surface area contributed by atoms with E-state index < -0.39 is 0 Å². The summed E-state index contributed by atoms with van der Waals surface area (Å²) in [6.07, 6.45) is 2.10. The third-order valence-electron chi connectivity index (χ3n) is 4.45. The molecule has 1 aromatic carbocycles. The molecule has 6 nitrogen and oxygen atoms in total. The second-order valence-electron chi connectivity index (χ2n) is 6.44. The zero-order valence-electron chi connectivity index (χ0n) is 16.9. The molecule has 146 valence electrons. The second-order valence-corrected chi connectivity index (χ2v) is 6.44. The Morgan fingerprint density at radius 1 is 0.852 bits per heavy atom. The maximum Gasteiger partial charge on any atom is 0.276 e. The van der Waals surface area contributed by atoms with E-state index in [-0.39, 0.29) is 5.91 Å². The predicted molar refractivity (Wildman–Crippen MR) is 113 cm³/mol. The van der Waals surface area contributed by atoms with Gasteiger partial charge in [0, 0.05) is 37.6 Å². The fourth-order valence-corrected chi connectivity index (χ4v) is 3.04. The lowest BCUT2D eigenvalue weighted by Gasteiger charge is -2.22. The quantitative estimate of drug-likeness (QED) is 0.680. The van der Waals surface area contributed by atoms with Crippen molar-refractivity contribution in [1.82, 2.24) is 10.2 Å². The van der Waals surface area contributed by atoms with Crippen LogP contribution in [-0.4, -0.2) is 42.3 Å². The molecule has 1 amide bonds. The van der Waals surface area contributed by atoms with Crippen LogP contribution in [0.15, 0.2) is 36.4 Å². The van der Waals surface area contributed by atoms with Gasteiger partial charge < -0.3 is 15.1 Å². The first kappa shape index (κ1) is 20.7. The smallest absolute Gasteiger partial charge is 0.276 e. The van der Waals surface area contributed by atoms with Gasteiger partial charge in [0.25, 0.3) is 5.91 Å². The van der Waals surface area contributed by atoms with Crippen molar-refractivity contribution in [2.24, 2.45) is 0 Å². The molecule has 0 fully saturated rings. The average Bonchev–Trinajstić information content (AvgIpc) is 2.70. The number of carbonyl (C=O) groups is 1. The van der Waals surface area contributed by atoms with E-state index >= 15 is 0 Å². The van der Waals surface area contributed by atoms with Crippen molar-refractivity contribution in [3.63, 3.8) is 0 Å². The van der Waals surface area contributed by atoms with Gasteiger partial charge in [-0.05, 0) is 63.1 Å². The summed E-state index contributed by atoms with van der Waals surface area (Å²) < 4.78 is 0. The van der Waals surface area contributed by atoms with Crippen molar-refractivity contribution in [2.45, 2.75) is 40.5 Å². The number of nitrogens with zero attached hydrogens (tertiary/aromatic N) is 4. The van der Waals surface area contributed by atoms with E-state index in [0.29, 0.717) is 5.69 Å². The first-order valence-corrected chi connectivity index (χ1v) is 9.87. The number of hydrogen-bond acceptors (Lipinski definition) is 5. The Morgan fingerprint density at radius 2 is 1.48 bits per heavy atom. The summed E-state index contributed by atoms with van der Waals surface area (Å²) in [6, 6.07) is 11.5. The molecule has 2 rings (SSSR count). The fourth-order valence-electron chi connectivity index (χ4n) is 3.04. The van der Waals surface area contributed by atoms with Gasteiger partial charge in [0.1, 0.15) is 0 Å². The molecular formula is C21H31N5O. The van der Waals surface area contributed by atoms with E-state index in [1.807, 2.05) is 30.3 Å². The molecule has 0 aliphatic rings. The van der Waals surface area contributed by atoms with Crippen molar-refractivity contribution in [3.8, 4) is 0 Å². The monoisotopic (exact) mass is 369 g/mol. The van der Waals surface area contributed by atoms with E-state index in [0.717, 1.165) is 56.2 Å². The van der Waals surface area contributed by atoms with Gasteiger partial charge >= 0.3 is 0 Å². The lowest BCUT2D eigenvalue weighted by molar-refractivity contribution is 0.102. The van der Waals surface area contributed by atoms with E-state index in [1.54, 1.807) is 6.07 Å². The number of hydrogen-bond donors (Lipinski definition) is 1. The standard InChI is InChI=1S/C21H31N5O/c1-5-15-26(16-6-2)20-14-13-19(23-24-20)21(27)22-17-9-11-18(12-10-17)25(7-3)8-4/h9-14H,5-8,15-16H2,1-4H3,(H,22,27). The van der Waals surface area contributed by atoms with Crippen molar-refractivity contribution in [2.75, 3.05) is 41.3 Å². The van der Waals surface area contributed by atoms with Crippen LogP contribution in [0, 0.1) is 0 Å². The fraction of sp³-hybridized carbons (Fsp3) is 0.476. The number of amides is 1. The number of benzene rings is 1. The Bertz CT molecular complexity index is 690. The summed E-state index contributed by atoms with van der Waals surface area (Å²) in [5.74, 6) is 0.570. The molecule has 0 unspecified atom stereocenters. The largest absolute Gasteiger partial charge is 0.372 e. The topological polar surface area (TPSA) is 61.4 Å². The molecule has 0 aliphatic carbocycles. The van der Waals surface area contributed by atoms with E-state index in [1.165, 1.54) is 0 Å². The molecule has 0 spiro atoms. The Labute approximate surface area is 162 Å². The number of anilines is 3. The molecule has 2 aromatic rings. The molecular weight excluding hydrogens is 338 g/mol. The molecule has 0 bridgehead atoms. The van der Waals surface area contributed by atoms with Crippen LogP contribution >= 0.6 is 0 Å². The van der Waals surface area contributed by atoms with Crippen LogP contribution in [-0.2, 0) is 0 Å². The maximum atomic E-state index is 12.4. The SMILES string of the molecule is CCCN(CCC)c1ccc(C(=O)Nc2ccc(N(CC)CC)cc2)nn1. The van der Waals surface area contributed by atoms with Gasteiger partial charge in [0.15, 0.2) is 11.5 Å². The molecule has 1 heterocycles. The highest BCUT2D eigenvalue weighted by Gasteiger charge is 2.12. The van der Waals surface area contributed by atoms with Crippen molar-refractivity contribution in [3.05, 3.63) is 42.1 Å². The van der Waals surface area contributed by atoms with Crippen LogP contribution in [0.25, 0.3) is 0 Å². The van der Waals surface area contributed by atoms with Gasteiger partial charge in [-0.15, -0.1) is 10.2 Å². The van der Waals surface area contributed by atoms with Gasteiger partial charge in [0.05, 0.1) is 0 Å². The van der Waals surface area contributed by atoms with Crippen molar-refractivity contribution < 1.29 is 4.79 Å². The van der Waals surface area contributed by atoms with E-state index in [9.17, 15) is 4.79 Å². The van der Waals surface area contributed by atoms with Crippen molar-refractivity contribution in [1.29, 1.82) is 0 Å². The van der Waals surface area contributed by atoms with E-state index in [4.69, 9.17) is 0 Å². The van der Waals surface area contributed by atoms with Crippen molar-refractivity contribution >= 4 is 23.1 Å². The summed E-state index contributed by atoms with van der Waals surface area (Å²) in [7, 11) is 0. The minimum Gasteiger partial charge on any atom is -0.372 e. The Kier molecular flexibility index (Phi) is 8.04. The Morgan fingerprint density at radius 3 is 1.96 bits per heavy atom. The van der Waals surface area contributed by atoms with Gasteiger partial charge in [-0.2, -0.15) is 0 Å². The third-order valence-corrected chi connectivity index (χ3v) is 4.45. The van der Waals surface area contributed by atoms with Gasteiger partial charge in [-0.1, -0.05) is 13.8 Å². The van der Waals surface area contributed by atoms with Crippen LogP contribution in [0.1, 0.15) is 51.0 Å². The van der Waals surface area contributed by atoms with Crippen LogP contribution in [0.4, 0.5) is 17.2 Å². The minimum absolute atomic E-state index is 0.248. The third kappa shape index (κ3) is 5.67. The first-order chi connectivity index (χ1) is 13.1. The Balaban J connectivity index is 2.03. The normalized spacial score (nSPS) is 10.5. The summed E-state index contributed by atoms with van der Waals surface area (Å²) >= 11 is 0. The highest BCUT2D eigenvalue weighted by atomic mass is 16.1. The highest BCUT2D eigenvalue weighted by Crippen LogP contribution is 2.18. The second kappa shape index (κ2) is 10.5. The van der Waals surface area contributed by atoms with Crippen LogP contribution in [0.5, 0.6) is 0 Å². The summed E-state index contributed by atoms with van der Waals surface area (Å²) in [5, 5.41) is 11.3. The minimum atomic E-state index is -0.248. The maximum absolute atomic E-state index is 12.4. The summed E-state index contributed by atoms with van der Waals surface area (Å²) in [5.41, 5.74) is 2.22. The number of carbonyl (C=O) groups excluding carboxylic acids is 1. The lowest BCUT2D eigenvalue weighted by Crippen LogP contribution is -2.26. The molecule has 0 saturated carbocycles. The number of nitrogens with one attached hydrogen (secondary N) is 1. The predicted octanol–water partition coefficient (Wildman–Crippen LogP) is 4.20. The molecule has 1 N–H and O–H groups in total. The zero-order valence-corrected chi connectivity index (χ0v) is 16.9. The molecule has 1 aromatic heterocycles. The summed E-state index contributed by atoms with van der Waals surface area (Å²) in [6.45, 7) is 12.3. The highest BCUT2D eigenvalue weighted by molar-refractivity contribution is 6.02. The van der Waals surface area contributed by atoms with Crippen LogP contribution < -0.4 is 15.1 Å². The molecule has 27 heavy (non-hydrogen) atoms. The van der Waals surface area contributed by atoms with Crippen LogP contribution in [0.3, 0.4) is 0 Å². The lowest BCUT2D eigenvalue weighted by atomic mass is 10.2. The van der Waals surface area contributed by atoms with Gasteiger partial charge in [-0.3, -0.25) is 4.79 Å². The van der Waals surface area contributed by atoms with Gasteiger partial charge in [0.2, 0.25) is 0 Å². The summed E-state index contributed by atoms with van der Waals surface area (Å²) in [4.78, 5) is 16.9. The number of rotatable bonds is 10. The molecule has 6 heteroatoms. The molecule has 0 radical (unpaired) electrons. The Hall–Kier alpha value is -2.63. The first-order valence-electron chi connectivity index (χ1n) is 9.87. The average molecular weight is 370 g/mol. The van der Waals surface area contributed by atoms with Gasteiger partial charge in [-0.25, -0.2) is 0 Å². The number of aromatic nitrogens is 2. The molecule has 0 atom stereocenters. The molecule has 0 aliphatic heterocycles. The molecule has 0 saturated heterocycles. The zero-order chi connectivity index (χ0) is 19.6.